The molecule has 0 saturated carbocycles. The summed E-state index contributed by atoms with van der Waals surface area (Å²) in [5.41, 5.74) is -0.220. The van der Waals surface area contributed by atoms with Gasteiger partial charge in [0.1, 0.15) is 6.04 Å². The van der Waals surface area contributed by atoms with Gasteiger partial charge in [-0.05, 0) is 11.6 Å². The van der Waals surface area contributed by atoms with Crippen molar-refractivity contribution in [1.82, 2.24) is 10.3 Å². The van der Waals surface area contributed by atoms with E-state index in [2.05, 4.69) is 10.3 Å². The second kappa shape index (κ2) is 7.76. The lowest BCUT2D eigenvalue weighted by atomic mass is 10.0. The van der Waals surface area contributed by atoms with E-state index < -0.39 is 39.1 Å². The lowest BCUT2D eigenvalue weighted by Gasteiger charge is -2.14. The highest BCUT2D eigenvalue weighted by atomic mass is 16.6. The molecule has 0 spiro atoms. The zero-order valence-electron chi connectivity index (χ0n) is 14.7. The molecule has 29 heavy (non-hydrogen) atoms. The first-order valence-corrected chi connectivity index (χ1v) is 8.29. The number of hydrogen-bond acceptors (Lipinski definition) is 6. The Kier molecular flexibility index (Phi) is 5.21. The fraction of sp³-hybridized carbons (Fsp3) is 0.111. The standard InChI is InChI=1S/C18H14N4O7/c23-17(10-5-12(21(26)27)8-13(6-10)22(28)29)20-16(18(24)25)7-11-9-19-15-4-2-1-3-14(11)15/h1-6,8-9,16,19H,7H2,(H,20,23)(H,24,25)/t16-/m0/s1. The molecule has 2 aromatic carbocycles. The highest BCUT2D eigenvalue weighted by Gasteiger charge is 2.25. The van der Waals surface area contributed by atoms with Gasteiger partial charge < -0.3 is 15.4 Å². The molecule has 0 aliphatic carbocycles. The molecule has 0 aliphatic heterocycles. The molecule has 0 unspecified atom stereocenters. The summed E-state index contributed by atoms with van der Waals surface area (Å²) in [6, 6.07) is 8.29. The van der Waals surface area contributed by atoms with Crippen LogP contribution < -0.4 is 5.32 Å². The van der Waals surface area contributed by atoms with Crippen molar-refractivity contribution in [3.63, 3.8) is 0 Å². The van der Waals surface area contributed by atoms with Gasteiger partial charge in [-0.1, -0.05) is 18.2 Å². The molecule has 11 nitrogen and oxygen atoms in total. The van der Waals surface area contributed by atoms with Crippen LogP contribution in [0.3, 0.4) is 0 Å². The van der Waals surface area contributed by atoms with E-state index in [4.69, 9.17) is 0 Å². The second-order valence-electron chi connectivity index (χ2n) is 6.18. The molecule has 0 bridgehead atoms. The maximum absolute atomic E-state index is 12.5. The minimum absolute atomic E-state index is 0.0535. The van der Waals surface area contributed by atoms with Gasteiger partial charge in [-0.2, -0.15) is 0 Å². The van der Waals surface area contributed by atoms with E-state index in [0.29, 0.717) is 5.56 Å². The van der Waals surface area contributed by atoms with Crippen LogP contribution in [-0.2, 0) is 11.2 Å². The second-order valence-corrected chi connectivity index (χ2v) is 6.18. The molecule has 0 aliphatic rings. The maximum Gasteiger partial charge on any atom is 0.326 e. The molecule has 3 aromatic rings. The van der Waals surface area contributed by atoms with Crippen LogP contribution in [0.2, 0.25) is 0 Å². The third-order valence-electron chi connectivity index (χ3n) is 4.29. The average molecular weight is 398 g/mol. The molecule has 0 saturated heterocycles. The number of nitrogens with zero attached hydrogens (tertiary/aromatic N) is 2. The molecule has 11 heteroatoms. The molecule has 1 amide bonds. The quantitative estimate of drug-likeness (QED) is 0.405. The van der Waals surface area contributed by atoms with Crippen LogP contribution in [0.1, 0.15) is 15.9 Å². The third kappa shape index (κ3) is 4.18. The topological polar surface area (TPSA) is 168 Å². The number of H-pyrrole nitrogens is 1. The average Bonchev–Trinajstić information content (AvgIpc) is 3.09. The number of nitro benzene ring substituents is 2. The number of para-hydroxylation sites is 1. The number of benzene rings is 2. The van der Waals surface area contributed by atoms with Gasteiger partial charge in [0, 0.05) is 35.7 Å². The van der Waals surface area contributed by atoms with Crippen LogP contribution in [0.5, 0.6) is 0 Å². The Balaban J connectivity index is 1.87. The van der Waals surface area contributed by atoms with E-state index in [-0.39, 0.29) is 12.0 Å². The van der Waals surface area contributed by atoms with E-state index in [9.17, 15) is 34.9 Å². The highest BCUT2D eigenvalue weighted by molar-refractivity contribution is 5.98. The van der Waals surface area contributed by atoms with E-state index in [0.717, 1.165) is 29.1 Å². The lowest BCUT2D eigenvalue weighted by Crippen LogP contribution is -2.42. The zero-order chi connectivity index (χ0) is 21.1. The van der Waals surface area contributed by atoms with Gasteiger partial charge in [0.15, 0.2) is 0 Å². The summed E-state index contributed by atoms with van der Waals surface area (Å²) in [7, 11) is 0. The Bertz CT molecular complexity index is 1110. The molecular formula is C18H14N4O7. The largest absolute Gasteiger partial charge is 0.480 e. The van der Waals surface area contributed by atoms with Crippen LogP contribution in [0.15, 0.2) is 48.7 Å². The normalized spacial score (nSPS) is 11.7. The maximum atomic E-state index is 12.5. The number of nitrogens with one attached hydrogen (secondary N) is 2. The monoisotopic (exact) mass is 398 g/mol. The molecule has 0 fully saturated rings. The number of hydrogen-bond donors (Lipinski definition) is 3. The molecule has 1 aromatic heterocycles. The minimum Gasteiger partial charge on any atom is -0.480 e. The number of aliphatic carboxylic acids is 1. The molecule has 1 atom stereocenters. The van der Waals surface area contributed by atoms with Crippen molar-refractivity contribution in [2.24, 2.45) is 0 Å². The first-order chi connectivity index (χ1) is 13.8. The van der Waals surface area contributed by atoms with Gasteiger partial charge in [0.25, 0.3) is 17.3 Å². The van der Waals surface area contributed by atoms with Crippen molar-refractivity contribution in [2.45, 2.75) is 12.5 Å². The Hall–Kier alpha value is -4.28. The molecule has 3 N–H and O–H groups in total. The Labute approximate surface area is 162 Å². The van der Waals surface area contributed by atoms with Crippen molar-refractivity contribution < 1.29 is 24.5 Å². The Morgan fingerprint density at radius 2 is 1.69 bits per heavy atom. The van der Waals surface area contributed by atoms with Crippen LogP contribution >= 0.6 is 0 Å². The molecule has 1 heterocycles. The number of carboxylic acids is 1. The van der Waals surface area contributed by atoms with Crippen molar-refractivity contribution in [3.05, 3.63) is 80.0 Å². The van der Waals surface area contributed by atoms with Gasteiger partial charge >= 0.3 is 5.97 Å². The van der Waals surface area contributed by atoms with Crippen molar-refractivity contribution in [3.8, 4) is 0 Å². The first-order valence-electron chi connectivity index (χ1n) is 8.29. The fourth-order valence-corrected chi connectivity index (χ4v) is 2.90. The van der Waals surface area contributed by atoms with Crippen LogP contribution in [0.25, 0.3) is 10.9 Å². The number of carbonyl (C=O) groups excluding carboxylic acids is 1. The summed E-state index contributed by atoms with van der Waals surface area (Å²) in [6.07, 6.45) is 1.58. The van der Waals surface area contributed by atoms with E-state index in [1.165, 1.54) is 0 Å². The predicted octanol–water partition coefficient (Wildman–Crippen LogP) is 2.41. The number of amides is 1. The van der Waals surface area contributed by atoms with Crippen molar-refractivity contribution >= 4 is 34.2 Å². The summed E-state index contributed by atoms with van der Waals surface area (Å²) >= 11 is 0. The Morgan fingerprint density at radius 1 is 1.07 bits per heavy atom. The molecular weight excluding hydrogens is 384 g/mol. The van der Waals surface area contributed by atoms with Crippen LogP contribution in [0, 0.1) is 20.2 Å². The summed E-state index contributed by atoms with van der Waals surface area (Å²) in [4.78, 5) is 47.3. The third-order valence-corrected chi connectivity index (χ3v) is 4.29. The number of fused-ring (bicyclic) bond motifs is 1. The Morgan fingerprint density at radius 3 is 2.28 bits per heavy atom. The molecule has 3 rings (SSSR count). The highest BCUT2D eigenvalue weighted by Crippen LogP contribution is 2.23. The number of carbonyl (C=O) groups is 2. The van der Waals surface area contributed by atoms with Gasteiger partial charge in [-0.3, -0.25) is 25.0 Å². The summed E-state index contributed by atoms with van der Waals surface area (Å²) in [5, 5.41) is 34.5. The molecule has 0 radical (unpaired) electrons. The van der Waals surface area contributed by atoms with Gasteiger partial charge in [-0.15, -0.1) is 0 Å². The van der Waals surface area contributed by atoms with Crippen LogP contribution in [-0.4, -0.2) is 37.9 Å². The fourth-order valence-electron chi connectivity index (χ4n) is 2.90. The number of carboxylic acid groups (broad SMARTS) is 1. The zero-order valence-corrected chi connectivity index (χ0v) is 14.7. The number of nitro groups is 2. The van der Waals surface area contributed by atoms with Crippen molar-refractivity contribution in [1.29, 1.82) is 0 Å². The van der Waals surface area contributed by atoms with E-state index in [1.54, 1.807) is 18.3 Å². The molecule has 148 valence electrons. The summed E-state index contributed by atoms with van der Waals surface area (Å²) in [6.45, 7) is 0. The van der Waals surface area contributed by atoms with Crippen molar-refractivity contribution in [2.75, 3.05) is 0 Å². The van der Waals surface area contributed by atoms with E-state index >= 15 is 0 Å². The number of non-ortho nitro benzene ring substituents is 2. The van der Waals surface area contributed by atoms with Gasteiger partial charge in [-0.25, -0.2) is 4.79 Å². The smallest absolute Gasteiger partial charge is 0.326 e. The van der Waals surface area contributed by atoms with Gasteiger partial charge in [0.2, 0.25) is 0 Å². The lowest BCUT2D eigenvalue weighted by molar-refractivity contribution is -0.394. The number of rotatable bonds is 7. The number of aromatic amines is 1. The van der Waals surface area contributed by atoms with Crippen LogP contribution in [0.4, 0.5) is 11.4 Å². The summed E-state index contributed by atoms with van der Waals surface area (Å²) < 4.78 is 0. The van der Waals surface area contributed by atoms with Gasteiger partial charge in [0.05, 0.1) is 21.5 Å². The minimum atomic E-state index is -1.35. The predicted molar refractivity (Wildman–Crippen MR) is 101 cm³/mol. The SMILES string of the molecule is O=C(N[C@@H](Cc1c[nH]c2ccccc12)C(=O)O)c1cc([N+](=O)[O-])cc([N+](=O)[O-])c1. The van der Waals surface area contributed by atoms with E-state index in [1.807, 2.05) is 12.1 Å². The number of aromatic nitrogens is 1. The summed E-state index contributed by atoms with van der Waals surface area (Å²) in [5.74, 6) is -2.28. The first kappa shape index (κ1) is 19.5.